The van der Waals surface area contributed by atoms with Crippen LogP contribution in [0.15, 0.2) is 0 Å². The number of alkyl halides is 3. The predicted molar refractivity (Wildman–Crippen MR) is 78.7 cm³/mol. The van der Waals surface area contributed by atoms with Crippen molar-refractivity contribution in [2.24, 2.45) is 11.3 Å². The first kappa shape index (κ1) is 17.7. The summed E-state index contributed by atoms with van der Waals surface area (Å²) in [6.45, 7) is 6.40. The Kier molecular flexibility index (Phi) is 4.73. The average molecular weight is 332 g/mol. The van der Waals surface area contributed by atoms with E-state index < -0.39 is 30.0 Å². The lowest BCUT2D eigenvalue weighted by Crippen LogP contribution is -2.47. The minimum atomic E-state index is -4.40. The van der Waals surface area contributed by atoms with Crippen molar-refractivity contribution in [2.75, 3.05) is 13.1 Å². The maximum Gasteiger partial charge on any atom is 0.406 e. The van der Waals surface area contributed by atoms with Gasteiger partial charge in [0, 0.05) is 13.0 Å². The molecule has 0 aliphatic carbocycles. The minimum Gasteiger partial charge on any atom is -0.333 e. The number of rotatable bonds is 3. The lowest BCUT2D eigenvalue weighted by molar-refractivity contribution is -0.166. The molecular formula is C15H23F3N4O. The van der Waals surface area contributed by atoms with Gasteiger partial charge in [0.2, 0.25) is 5.91 Å². The number of amides is 1. The standard InChI is InChI=1S/C15H23F3N4O/c1-10-19-12-6-5-11(7-22(12)20-10)13(23)21(8-14(2,3)4)9-15(16,17)18/h11H,5-9H2,1-4H3. The number of carbonyl (C=O) groups is 1. The Morgan fingerprint density at radius 3 is 2.52 bits per heavy atom. The SMILES string of the molecule is Cc1nc2n(n1)CC(C(=O)N(CC(C)(C)C)CC(F)(F)F)CC2. The van der Waals surface area contributed by atoms with E-state index in [9.17, 15) is 18.0 Å². The summed E-state index contributed by atoms with van der Waals surface area (Å²) in [4.78, 5) is 17.8. The largest absolute Gasteiger partial charge is 0.406 e. The Morgan fingerprint density at radius 1 is 1.30 bits per heavy atom. The summed E-state index contributed by atoms with van der Waals surface area (Å²) in [5.74, 6) is 0.490. The van der Waals surface area contributed by atoms with Crippen molar-refractivity contribution in [3.8, 4) is 0 Å². The Hall–Kier alpha value is -1.60. The van der Waals surface area contributed by atoms with Crippen LogP contribution in [0.2, 0.25) is 0 Å². The van der Waals surface area contributed by atoms with E-state index in [2.05, 4.69) is 10.1 Å². The number of carbonyl (C=O) groups excluding carboxylic acids is 1. The van der Waals surface area contributed by atoms with E-state index in [1.807, 2.05) is 20.8 Å². The first-order chi connectivity index (χ1) is 10.4. The van der Waals surface area contributed by atoms with E-state index in [1.165, 1.54) is 0 Å². The second-order valence-electron chi connectivity index (χ2n) is 7.36. The third-order valence-electron chi connectivity index (χ3n) is 3.66. The van der Waals surface area contributed by atoms with Crippen LogP contribution in [-0.4, -0.2) is 44.8 Å². The van der Waals surface area contributed by atoms with Gasteiger partial charge in [-0.2, -0.15) is 18.3 Å². The normalized spacial score (nSPS) is 18.7. The summed E-state index contributed by atoms with van der Waals surface area (Å²) in [5.41, 5.74) is -0.398. The maximum atomic E-state index is 12.8. The monoisotopic (exact) mass is 332 g/mol. The highest BCUT2D eigenvalue weighted by atomic mass is 19.4. The van der Waals surface area contributed by atoms with Gasteiger partial charge in [-0.3, -0.25) is 4.79 Å². The van der Waals surface area contributed by atoms with Crippen molar-refractivity contribution >= 4 is 5.91 Å². The third kappa shape index (κ3) is 4.94. The van der Waals surface area contributed by atoms with Gasteiger partial charge >= 0.3 is 6.18 Å². The highest BCUT2D eigenvalue weighted by Gasteiger charge is 2.38. The second kappa shape index (κ2) is 6.13. The fourth-order valence-electron chi connectivity index (χ4n) is 2.89. The topological polar surface area (TPSA) is 51.0 Å². The molecule has 8 heteroatoms. The number of fused-ring (bicyclic) bond motifs is 1. The van der Waals surface area contributed by atoms with Crippen LogP contribution >= 0.6 is 0 Å². The molecule has 23 heavy (non-hydrogen) atoms. The second-order valence-corrected chi connectivity index (χ2v) is 7.36. The molecule has 1 aliphatic heterocycles. The number of hydrogen-bond acceptors (Lipinski definition) is 3. The molecule has 0 aromatic carbocycles. The van der Waals surface area contributed by atoms with Gasteiger partial charge in [-0.25, -0.2) is 9.67 Å². The van der Waals surface area contributed by atoms with E-state index in [-0.39, 0.29) is 6.54 Å². The van der Waals surface area contributed by atoms with Crippen LogP contribution in [0.5, 0.6) is 0 Å². The van der Waals surface area contributed by atoms with Crippen molar-refractivity contribution in [1.82, 2.24) is 19.7 Å². The summed E-state index contributed by atoms with van der Waals surface area (Å²) in [5, 5.41) is 4.20. The van der Waals surface area contributed by atoms with Gasteiger partial charge in [-0.05, 0) is 18.8 Å². The number of nitrogens with zero attached hydrogens (tertiary/aromatic N) is 4. The van der Waals surface area contributed by atoms with Crippen LogP contribution in [0.4, 0.5) is 13.2 Å². The van der Waals surface area contributed by atoms with Gasteiger partial charge in [0.25, 0.3) is 0 Å². The molecule has 0 saturated carbocycles. The number of aryl methyl sites for hydroxylation is 2. The lowest BCUT2D eigenvalue weighted by Gasteiger charge is -2.34. The quantitative estimate of drug-likeness (QED) is 0.855. The first-order valence-corrected chi connectivity index (χ1v) is 7.70. The smallest absolute Gasteiger partial charge is 0.333 e. The first-order valence-electron chi connectivity index (χ1n) is 7.70. The van der Waals surface area contributed by atoms with Crippen LogP contribution < -0.4 is 0 Å². The van der Waals surface area contributed by atoms with E-state index >= 15 is 0 Å². The van der Waals surface area contributed by atoms with Gasteiger partial charge in [0.15, 0.2) is 0 Å². The van der Waals surface area contributed by atoms with Crippen LogP contribution in [0.25, 0.3) is 0 Å². The number of hydrogen-bond donors (Lipinski definition) is 0. The third-order valence-corrected chi connectivity index (χ3v) is 3.66. The fourth-order valence-corrected chi connectivity index (χ4v) is 2.89. The van der Waals surface area contributed by atoms with E-state index in [0.717, 1.165) is 10.7 Å². The summed E-state index contributed by atoms with van der Waals surface area (Å²) >= 11 is 0. The van der Waals surface area contributed by atoms with E-state index in [4.69, 9.17) is 0 Å². The molecule has 2 heterocycles. The van der Waals surface area contributed by atoms with E-state index in [1.54, 1.807) is 11.6 Å². The predicted octanol–water partition coefficient (Wildman–Crippen LogP) is 2.59. The molecule has 1 aromatic heterocycles. The summed E-state index contributed by atoms with van der Waals surface area (Å²) in [7, 11) is 0. The molecule has 5 nitrogen and oxygen atoms in total. The molecule has 1 amide bonds. The molecule has 0 radical (unpaired) electrons. The maximum absolute atomic E-state index is 12.8. The molecule has 1 atom stereocenters. The Balaban J connectivity index is 2.14. The van der Waals surface area contributed by atoms with Crippen LogP contribution in [0.3, 0.4) is 0 Å². The van der Waals surface area contributed by atoms with Crippen LogP contribution in [0.1, 0.15) is 38.8 Å². The van der Waals surface area contributed by atoms with Crippen molar-refractivity contribution in [1.29, 1.82) is 0 Å². The zero-order chi connectivity index (χ0) is 17.4. The van der Waals surface area contributed by atoms with Crippen molar-refractivity contribution in [3.63, 3.8) is 0 Å². The Bertz CT molecular complexity index is 558. The molecule has 1 unspecified atom stereocenters. The molecule has 0 fully saturated rings. The lowest BCUT2D eigenvalue weighted by atomic mass is 9.93. The van der Waals surface area contributed by atoms with Gasteiger partial charge in [0.1, 0.15) is 18.2 Å². The van der Waals surface area contributed by atoms with Crippen LogP contribution in [0, 0.1) is 18.3 Å². The molecule has 0 saturated heterocycles. The molecule has 0 N–H and O–H groups in total. The van der Waals surface area contributed by atoms with Gasteiger partial charge in [-0.1, -0.05) is 20.8 Å². The number of halogens is 3. The molecule has 0 spiro atoms. The van der Waals surface area contributed by atoms with Crippen LogP contribution in [-0.2, 0) is 17.8 Å². The van der Waals surface area contributed by atoms with Gasteiger partial charge in [0.05, 0.1) is 12.5 Å². The van der Waals surface area contributed by atoms with E-state index in [0.29, 0.717) is 25.2 Å². The molecular weight excluding hydrogens is 309 g/mol. The zero-order valence-corrected chi connectivity index (χ0v) is 13.9. The van der Waals surface area contributed by atoms with Gasteiger partial charge in [-0.15, -0.1) is 0 Å². The zero-order valence-electron chi connectivity index (χ0n) is 13.9. The molecule has 0 bridgehead atoms. The molecule has 130 valence electrons. The molecule has 1 aliphatic rings. The Labute approximate surface area is 133 Å². The Morgan fingerprint density at radius 2 is 1.96 bits per heavy atom. The van der Waals surface area contributed by atoms with Crippen molar-refractivity contribution in [2.45, 2.75) is 53.3 Å². The number of aromatic nitrogens is 3. The minimum absolute atomic E-state index is 0.0745. The highest BCUT2D eigenvalue weighted by Crippen LogP contribution is 2.26. The summed E-state index contributed by atoms with van der Waals surface area (Å²) in [6.07, 6.45) is -3.33. The molecule has 1 aromatic rings. The van der Waals surface area contributed by atoms with Crippen molar-refractivity contribution in [3.05, 3.63) is 11.6 Å². The molecule has 2 rings (SSSR count). The summed E-state index contributed by atoms with van der Waals surface area (Å²) in [6, 6.07) is 0. The fraction of sp³-hybridized carbons (Fsp3) is 0.800. The average Bonchev–Trinajstić information content (AvgIpc) is 2.72. The van der Waals surface area contributed by atoms with Gasteiger partial charge < -0.3 is 4.90 Å². The van der Waals surface area contributed by atoms with Crippen molar-refractivity contribution < 1.29 is 18.0 Å². The summed E-state index contributed by atoms with van der Waals surface area (Å²) < 4.78 is 40.1. The highest BCUT2D eigenvalue weighted by molar-refractivity contribution is 5.79.